The Kier molecular flexibility index (Phi) is 6.40. The molecular formula is C4H3N2O3Sb. The fraction of sp³-hybridized carbons (Fsp3) is 0. The molecule has 52 valence electrons. The smallest absolute Gasteiger partial charge is 0.870 e. The molecule has 0 saturated carbocycles. The third-order valence-electron chi connectivity index (χ3n) is 0.608. The number of nitrogens with zero attached hydrogens (tertiary/aromatic N) is 2. The van der Waals surface area contributed by atoms with Crippen LogP contribution in [0.4, 0.5) is 0 Å². The molecule has 0 aliphatic carbocycles. The van der Waals surface area contributed by atoms with Crippen molar-refractivity contribution in [2.45, 2.75) is 0 Å². The molecule has 1 heterocycles. The fourth-order valence-electron chi connectivity index (χ4n) is 0.325. The third kappa shape index (κ3) is 3.48. The second-order valence-electron chi connectivity index (χ2n) is 1.18. The number of rotatable bonds is 0. The van der Waals surface area contributed by atoms with Crippen LogP contribution in [-0.4, -0.2) is 39.9 Å². The maximum absolute atomic E-state index is 10.1. The molecule has 10 heavy (non-hydrogen) atoms. The molecule has 1 aromatic heterocycles. The van der Waals surface area contributed by atoms with Crippen molar-refractivity contribution in [3.63, 3.8) is 0 Å². The molecule has 0 spiro atoms. The Bertz CT molecular complexity index is 178. The SMILES string of the molecule is [O-]c1ccnc([O-])n1.[OH-].[Sb+3]. The molecule has 0 unspecified atom stereocenters. The van der Waals surface area contributed by atoms with E-state index in [4.69, 9.17) is 0 Å². The summed E-state index contributed by atoms with van der Waals surface area (Å²) in [7, 11) is 0. The van der Waals surface area contributed by atoms with E-state index in [9.17, 15) is 10.2 Å². The molecule has 0 atom stereocenters. The largest absolute Gasteiger partial charge is 3.00 e. The van der Waals surface area contributed by atoms with Crippen LogP contribution in [0.25, 0.3) is 0 Å². The van der Waals surface area contributed by atoms with Crippen LogP contribution in [0.2, 0.25) is 0 Å². The van der Waals surface area contributed by atoms with Crippen molar-refractivity contribution < 1.29 is 15.7 Å². The maximum Gasteiger partial charge on any atom is 3.00 e. The van der Waals surface area contributed by atoms with Gasteiger partial charge < -0.3 is 15.7 Å². The van der Waals surface area contributed by atoms with Crippen molar-refractivity contribution in [1.82, 2.24) is 9.97 Å². The van der Waals surface area contributed by atoms with Crippen LogP contribution < -0.4 is 10.2 Å². The first-order chi connectivity index (χ1) is 3.79. The molecule has 5 nitrogen and oxygen atoms in total. The van der Waals surface area contributed by atoms with Gasteiger partial charge in [-0.25, -0.2) is 0 Å². The van der Waals surface area contributed by atoms with Crippen LogP contribution in [0.5, 0.6) is 11.9 Å². The van der Waals surface area contributed by atoms with Gasteiger partial charge in [-0.05, 0) is 11.9 Å². The minimum atomic E-state index is -0.725. The topological polar surface area (TPSA) is 102 Å². The second-order valence-corrected chi connectivity index (χ2v) is 1.18. The van der Waals surface area contributed by atoms with E-state index in [2.05, 4.69) is 9.97 Å². The zero-order valence-corrected chi connectivity index (χ0v) is 7.31. The standard InChI is InChI=1S/C4H4N2O2.H2O.Sb/c7-3-1-2-5-4(8)6-3;;/h1-2H,(H2,5,6,7,8);1H2;/q;;+3/p-3. The average Bonchev–Trinajstić information content (AvgIpc) is 1.64. The maximum atomic E-state index is 10.1. The van der Waals surface area contributed by atoms with Crippen molar-refractivity contribution in [1.29, 1.82) is 0 Å². The zero-order chi connectivity index (χ0) is 5.98. The molecule has 1 N–H and O–H groups in total. The molecule has 0 aliphatic heterocycles. The van der Waals surface area contributed by atoms with Crippen molar-refractivity contribution in [3.05, 3.63) is 12.3 Å². The van der Waals surface area contributed by atoms with E-state index in [1.807, 2.05) is 0 Å². The van der Waals surface area contributed by atoms with Crippen LogP contribution in [0.3, 0.4) is 0 Å². The van der Waals surface area contributed by atoms with Gasteiger partial charge in [0.15, 0.2) is 0 Å². The number of hydrogen-bond donors (Lipinski definition) is 0. The van der Waals surface area contributed by atoms with Gasteiger partial charge in [-0.2, -0.15) is 0 Å². The minimum absolute atomic E-state index is 0. The summed E-state index contributed by atoms with van der Waals surface area (Å²) in [4.78, 5) is 6.12. The molecule has 1 rings (SSSR count). The van der Waals surface area contributed by atoms with Gasteiger partial charge in [-0.1, -0.05) is 0 Å². The second kappa shape index (κ2) is 5.26. The zero-order valence-electron chi connectivity index (χ0n) is 4.76. The summed E-state index contributed by atoms with van der Waals surface area (Å²) in [5.41, 5.74) is 0. The van der Waals surface area contributed by atoms with E-state index in [-0.39, 0.29) is 29.9 Å². The molecule has 0 amide bonds. The van der Waals surface area contributed by atoms with E-state index in [0.29, 0.717) is 0 Å². The Morgan fingerprint density at radius 2 is 1.90 bits per heavy atom. The van der Waals surface area contributed by atoms with Gasteiger partial charge in [0.2, 0.25) is 0 Å². The van der Waals surface area contributed by atoms with Crippen LogP contribution >= 0.6 is 0 Å². The molecule has 0 saturated heterocycles. The summed E-state index contributed by atoms with van der Waals surface area (Å²) < 4.78 is 0. The summed E-state index contributed by atoms with van der Waals surface area (Å²) in [5.74, 6) is -0.537. The van der Waals surface area contributed by atoms with Crippen molar-refractivity contribution in [2.75, 3.05) is 0 Å². The molecule has 0 aromatic carbocycles. The molecular weight excluding hydrogens is 246 g/mol. The van der Waals surface area contributed by atoms with Gasteiger partial charge in [0.25, 0.3) is 0 Å². The first-order valence-corrected chi connectivity index (χ1v) is 1.96. The quantitative estimate of drug-likeness (QED) is 0.498. The number of hydrogen-bond acceptors (Lipinski definition) is 5. The summed E-state index contributed by atoms with van der Waals surface area (Å²) in [6, 6.07) is 0.402. The van der Waals surface area contributed by atoms with Gasteiger partial charge in [-0.15, -0.1) is 0 Å². The monoisotopic (exact) mass is 248 g/mol. The van der Waals surface area contributed by atoms with E-state index < -0.39 is 11.9 Å². The third-order valence-corrected chi connectivity index (χ3v) is 0.608. The molecule has 2 radical (unpaired) electrons. The Hall–Kier alpha value is -0.542. The molecule has 0 aliphatic rings. The molecule has 6 heteroatoms. The summed E-state index contributed by atoms with van der Waals surface area (Å²) >= 11 is 0. The molecule has 1 aromatic rings. The minimum Gasteiger partial charge on any atom is -0.870 e. The predicted octanol–water partition coefficient (Wildman–Crippen LogP) is -1.93. The van der Waals surface area contributed by atoms with Crippen LogP contribution in [0.1, 0.15) is 0 Å². The van der Waals surface area contributed by atoms with Crippen LogP contribution in [0.15, 0.2) is 12.3 Å². The summed E-state index contributed by atoms with van der Waals surface area (Å²) in [6.07, 6.45) is 1.14. The predicted molar refractivity (Wildman–Crippen MR) is 28.6 cm³/mol. The van der Waals surface area contributed by atoms with E-state index in [1.165, 1.54) is 0 Å². The summed E-state index contributed by atoms with van der Waals surface area (Å²) in [6.45, 7) is 0. The normalized spacial score (nSPS) is 7.20. The Labute approximate surface area is 74.5 Å². The van der Waals surface area contributed by atoms with E-state index in [0.717, 1.165) is 12.3 Å². The van der Waals surface area contributed by atoms with Crippen LogP contribution in [-0.2, 0) is 0 Å². The van der Waals surface area contributed by atoms with Crippen LogP contribution in [0, 0.1) is 0 Å². The van der Waals surface area contributed by atoms with Gasteiger partial charge in [0.05, 0.1) is 6.01 Å². The van der Waals surface area contributed by atoms with Gasteiger partial charge in [0, 0.05) is 6.20 Å². The van der Waals surface area contributed by atoms with Gasteiger partial charge >= 0.3 is 24.4 Å². The molecule has 0 bridgehead atoms. The van der Waals surface area contributed by atoms with E-state index >= 15 is 0 Å². The van der Waals surface area contributed by atoms with Crippen molar-refractivity contribution in [2.24, 2.45) is 0 Å². The summed E-state index contributed by atoms with van der Waals surface area (Å²) in [5, 5.41) is 20.2. The fourth-order valence-corrected chi connectivity index (χ4v) is 0.325. The molecule has 0 fully saturated rings. The first-order valence-electron chi connectivity index (χ1n) is 1.96. The Morgan fingerprint density at radius 1 is 1.30 bits per heavy atom. The Morgan fingerprint density at radius 3 is 2.20 bits per heavy atom. The Balaban J connectivity index is 0. The van der Waals surface area contributed by atoms with Gasteiger partial charge in [0.1, 0.15) is 0 Å². The number of aromatic nitrogens is 2. The van der Waals surface area contributed by atoms with E-state index in [1.54, 1.807) is 0 Å². The van der Waals surface area contributed by atoms with Gasteiger partial charge in [-0.3, -0.25) is 9.97 Å². The first kappa shape index (κ1) is 12.2. The van der Waals surface area contributed by atoms with Crippen molar-refractivity contribution >= 4 is 24.4 Å². The van der Waals surface area contributed by atoms with Crippen molar-refractivity contribution in [3.8, 4) is 11.9 Å². The average molecular weight is 249 g/mol.